The summed E-state index contributed by atoms with van der Waals surface area (Å²) in [7, 11) is -1.67. The average molecular weight is 316 g/mol. The number of sulfone groups is 1. The Hall–Kier alpha value is -2.41. The predicted octanol–water partition coefficient (Wildman–Crippen LogP) is 1.93. The van der Waals surface area contributed by atoms with E-state index in [9.17, 15) is 8.42 Å². The van der Waals surface area contributed by atoms with Gasteiger partial charge in [-0.3, -0.25) is 4.68 Å². The Balaban J connectivity index is 2.43. The molecule has 0 unspecified atom stereocenters. The van der Waals surface area contributed by atoms with Gasteiger partial charge >= 0.3 is 0 Å². The summed E-state index contributed by atoms with van der Waals surface area (Å²) >= 11 is 0. The molecule has 3 aromatic rings. The van der Waals surface area contributed by atoms with Crippen molar-refractivity contribution in [3.63, 3.8) is 0 Å². The number of hydrogen-bond acceptors (Lipinski definition) is 5. The van der Waals surface area contributed by atoms with Gasteiger partial charge < -0.3 is 5.73 Å². The van der Waals surface area contributed by atoms with Crippen molar-refractivity contribution in [2.24, 2.45) is 7.05 Å². The summed E-state index contributed by atoms with van der Waals surface area (Å²) in [4.78, 5) is 4.26. The normalized spacial score (nSPS) is 12.0. The lowest BCUT2D eigenvalue weighted by molar-refractivity contribution is 0.598. The molecule has 0 aliphatic heterocycles. The molecule has 0 amide bonds. The van der Waals surface area contributed by atoms with Gasteiger partial charge in [-0.15, -0.1) is 0 Å². The quantitative estimate of drug-likeness (QED) is 0.729. The number of aryl methyl sites for hydroxylation is 2. The van der Waals surface area contributed by atoms with Crippen LogP contribution < -0.4 is 5.73 Å². The highest BCUT2D eigenvalue weighted by atomic mass is 32.2. The van der Waals surface area contributed by atoms with E-state index in [1.807, 2.05) is 19.1 Å². The van der Waals surface area contributed by atoms with Crippen LogP contribution in [0.4, 0.5) is 5.69 Å². The molecule has 7 heteroatoms. The summed E-state index contributed by atoms with van der Waals surface area (Å²) in [6.07, 6.45) is 1.15. The van der Waals surface area contributed by atoms with Crippen LogP contribution in [0, 0.1) is 6.92 Å². The summed E-state index contributed by atoms with van der Waals surface area (Å²) in [6, 6.07) is 8.89. The molecule has 0 aliphatic rings. The van der Waals surface area contributed by atoms with Crippen LogP contribution >= 0.6 is 0 Å². The minimum Gasteiger partial charge on any atom is -0.399 e. The molecule has 0 aliphatic carbocycles. The highest BCUT2D eigenvalue weighted by molar-refractivity contribution is 7.90. The molecule has 2 aromatic heterocycles. The van der Waals surface area contributed by atoms with E-state index in [1.54, 1.807) is 29.9 Å². The number of fused-ring (bicyclic) bond motifs is 1. The van der Waals surface area contributed by atoms with Crippen LogP contribution in [-0.4, -0.2) is 29.4 Å². The molecule has 2 N–H and O–H groups in total. The summed E-state index contributed by atoms with van der Waals surface area (Å²) in [5, 5.41) is 5.24. The maximum absolute atomic E-state index is 11.9. The molecule has 0 atom stereocenters. The van der Waals surface area contributed by atoms with Crippen LogP contribution in [0.15, 0.2) is 35.4 Å². The molecule has 0 spiro atoms. The zero-order valence-electron chi connectivity index (χ0n) is 12.5. The lowest BCUT2D eigenvalue weighted by atomic mass is 10.0. The number of hydrogen-bond donors (Lipinski definition) is 1. The molecule has 3 rings (SSSR count). The first kappa shape index (κ1) is 14.5. The van der Waals surface area contributed by atoms with Crippen LogP contribution in [0.2, 0.25) is 0 Å². The number of rotatable bonds is 2. The first-order valence-electron chi connectivity index (χ1n) is 6.67. The Morgan fingerprint density at radius 1 is 1.18 bits per heavy atom. The van der Waals surface area contributed by atoms with Gasteiger partial charge in [-0.25, -0.2) is 13.4 Å². The van der Waals surface area contributed by atoms with Gasteiger partial charge in [0.05, 0.1) is 5.69 Å². The van der Waals surface area contributed by atoms with Crippen LogP contribution in [0.25, 0.3) is 22.2 Å². The SMILES string of the molecule is Cc1nn(C)c2nc(S(C)(=O)=O)cc(-c3ccc(N)cc3)c12. The standard InChI is InChI=1S/C15H16N4O2S/c1-9-14-12(10-4-6-11(16)7-5-10)8-13(22(3,20)21)17-15(14)19(2)18-9/h4-8H,16H2,1-3H3. The number of nitrogens with zero attached hydrogens (tertiary/aromatic N) is 3. The van der Waals surface area contributed by atoms with Gasteiger partial charge in [-0.05, 0) is 36.2 Å². The number of pyridine rings is 1. The Kier molecular flexibility index (Phi) is 3.17. The molecule has 0 fully saturated rings. The number of benzene rings is 1. The van der Waals surface area contributed by atoms with E-state index in [0.29, 0.717) is 11.3 Å². The topological polar surface area (TPSA) is 90.9 Å². The van der Waals surface area contributed by atoms with Crippen molar-refractivity contribution in [3.8, 4) is 11.1 Å². The number of nitrogen functional groups attached to an aromatic ring is 1. The van der Waals surface area contributed by atoms with E-state index in [0.717, 1.165) is 28.5 Å². The highest BCUT2D eigenvalue weighted by Gasteiger charge is 2.19. The molecule has 0 radical (unpaired) electrons. The Morgan fingerprint density at radius 3 is 2.41 bits per heavy atom. The predicted molar refractivity (Wildman–Crippen MR) is 86.2 cm³/mol. The third-order valence-electron chi connectivity index (χ3n) is 3.55. The fraction of sp³-hybridized carbons (Fsp3) is 0.200. The van der Waals surface area contributed by atoms with Crippen LogP contribution in [0.3, 0.4) is 0 Å². The molecule has 22 heavy (non-hydrogen) atoms. The lowest BCUT2D eigenvalue weighted by Gasteiger charge is -2.08. The zero-order chi connectivity index (χ0) is 16.1. The van der Waals surface area contributed by atoms with Crippen LogP contribution in [-0.2, 0) is 16.9 Å². The van der Waals surface area contributed by atoms with Crippen molar-refractivity contribution in [1.29, 1.82) is 0 Å². The van der Waals surface area contributed by atoms with E-state index in [-0.39, 0.29) is 5.03 Å². The van der Waals surface area contributed by atoms with Gasteiger partial charge in [0.2, 0.25) is 0 Å². The third-order valence-corrected chi connectivity index (χ3v) is 4.52. The van der Waals surface area contributed by atoms with Crippen LogP contribution in [0.1, 0.15) is 5.69 Å². The largest absolute Gasteiger partial charge is 0.399 e. The molecule has 0 saturated carbocycles. The second kappa shape index (κ2) is 4.81. The minimum absolute atomic E-state index is 0.0369. The van der Waals surface area contributed by atoms with Gasteiger partial charge in [0.1, 0.15) is 0 Å². The average Bonchev–Trinajstić information content (AvgIpc) is 2.73. The Bertz CT molecular complexity index is 973. The molecule has 1 aromatic carbocycles. The van der Waals surface area contributed by atoms with Gasteiger partial charge in [0, 0.05) is 24.4 Å². The monoisotopic (exact) mass is 316 g/mol. The van der Waals surface area contributed by atoms with Crippen LogP contribution in [0.5, 0.6) is 0 Å². The van der Waals surface area contributed by atoms with E-state index >= 15 is 0 Å². The third kappa shape index (κ3) is 2.33. The summed E-state index contributed by atoms with van der Waals surface area (Å²) in [5.74, 6) is 0. The Morgan fingerprint density at radius 2 is 1.82 bits per heavy atom. The molecule has 0 bridgehead atoms. The van der Waals surface area contributed by atoms with Gasteiger partial charge in [-0.1, -0.05) is 12.1 Å². The first-order chi connectivity index (χ1) is 10.3. The van der Waals surface area contributed by atoms with E-state index in [4.69, 9.17) is 5.73 Å². The van der Waals surface area contributed by atoms with Gasteiger partial charge in [0.15, 0.2) is 20.5 Å². The van der Waals surface area contributed by atoms with E-state index in [1.165, 1.54) is 0 Å². The van der Waals surface area contributed by atoms with Crippen molar-refractivity contribution in [2.45, 2.75) is 11.9 Å². The maximum Gasteiger partial charge on any atom is 0.192 e. The molecular weight excluding hydrogens is 300 g/mol. The molecule has 0 saturated heterocycles. The fourth-order valence-corrected chi connectivity index (χ4v) is 3.09. The van der Waals surface area contributed by atoms with E-state index < -0.39 is 9.84 Å². The molecule has 2 heterocycles. The second-order valence-electron chi connectivity index (χ2n) is 5.31. The molecule has 6 nitrogen and oxygen atoms in total. The van der Waals surface area contributed by atoms with Crippen molar-refractivity contribution < 1.29 is 8.42 Å². The summed E-state index contributed by atoms with van der Waals surface area (Å²) < 4.78 is 25.4. The number of aromatic nitrogens is 3. The van der Waals surface area contributed by atoms with Crippen molar-refractivity contribution in [1.82, 2.24) is 14.8 Å². The second-order valence-corrected chi connectivity index (χ2v) is 7.27. The maximum atomic E-state index is 11.9. The van der Waals surface area contributed by atoms with Gasteiger partial charge in [-0.2, -0.15) is 5.10 Å². The highest BCUT2D eigenvalue weighted by Crippen LogP contribution is 2.32. The van der Waals surface area contributed by atoms with Crippen molar-refractivity contribution >= 4 is 26.6 Å². The minimum atomic E-state index is -3.42. The zero-order valence-corrected chi connectivity index (χ0v) is 13.3. The number of anilines is 1. The van der Waals surface area contributed by atoms with Gasteiger partial charge in [0.25, 0.3) is 0 Å². The summed E-state index contributed by atoms with van der Waals surface area (Å²) in [5.41, 5.74) is 9.40. The molecule has 114 valence electrons. The van der Waals surface area contributed by atoms with Crippen molar-refractivity contribution in [2.75, 3.05) is 12.0 Å². The first-order valence-corrected chi connectivity index (χ1v) is 8.57. The van der Waals surface area contributed by atoms with Crippen molar-refractivity contribution in [3.05, 3.63) is 36.0 Å². The smallest absolute Gasteiger partial charge is 0.192 e. The molecular formula is C15H16N4O2S. The lowest BCUT2D eigenvalue weighted by Crippen LogP contribution is -2.03. The summed E-state index contributed by atoms with van der Waals surface area (Å²) in [6.45, 7) is 1.88. The van der Waals surface area contributed by atoms with E-state index in [2.05, 4.69) is 10.1 Å². The number of nitrogens with two attached hydrogens (primary N) is 1. The fourth-order valence-electron chi connectivity index (χ4n) is 2.50. The Labute approximate surface area is 128 Å².